The van der Waals surface area contributed by atoms with Crippen molar-refractivity contribution in [1.29, 1.82) is 0 Å². The molecule has 102 valence electrons. The number of ether oxygens (including phenoxy) is 1. The van der Waals surface area contributed by atoms with Crippen molar-refractivity contribution in [1.82, 2.24) is 5.32 Å². The average molecular weight is 255 g/mol. The first-order chi connectivity index (χ1) is 8.68. The summed E-state index contributed by atoms with van der Waals surface area (Å²) < 4.78 is 5.27. The summed E-state index contributed by atoms with van der Waals surface area (Å²) in [6, 6.07) is 0. The molecule has 1 saturated carbocycles. The number of carbonyl (C=O) groups is 2. The Morgan fingerprint density at radius 1 is 1.22 bits per heavy atom. The number of nitrogens with one attached hydrogen (secondary N) is 1. The predicted octanol–water partition coefficient (Wildman–Crippen LogP) is 1.03. The highest BCUT2D eigenvalue weighted by molar-refractivity contribution is 5.85. The van der Waals surface area contributed by atoms with Gasteiger partial charge in [0, 0.05) is 19.8 Å². The molecular formula is C13H21NO4. The summed E-state index contributed by atoms with van der Waals surface area (Å²) in [5.41, 5.74) is 0. The van der Waals surface area contributed by atoms with Crippen LogP contribution in [0.3, 0.4) is 0 Å². The molecule has 1 aliphatic carbocycles. The van der Waals surface area contributed by atoms with E-state index in [-0.39, 0.29) is 11.8 Å². The maximum absolute atomic E-state index is 11.9. The fourth-order valence-corrected chi connectivity index (χ4v) is 2.91. The second-order valence-electron chi connectivity index (χ2n) is 5.29. The monoisotopic (exact) mass is 255 g/mol. The molecule has 0 radical (unpaired) electrons. The van der Waals surface area contributed by atoms with Crippen LogP contribution in [0.1, 0.15) is 32.1 Å². The van der Waals surface area contributed by atoms with E-state index < -0.39 is 11.9 Å². The molecule has 1 aliphatic heterocycles. The van der Waals surface area contributed by atoms with Gasteiger partial charge in [0.1, 0.15) is 0 Å². The molecule has 0 aromatic rings. The zero-order valence-corrected chi connectivity index (χ0v) is 10.6. The van der Waals surface area contributed by atoms with Gasteiger partial charge in [0.25, 0.3) is 0 Å². The second kappa shape index (κ2) is 6.18. The highest BCUT2D eigenvalue weighted by Gasteiger charge is 2.37. The molecule has 1 unspecified atom stereocenters. The third-order valence-corrected chi connectivity index (χ3v) is 4.05. The van der Waals surface area contributed by atoms with Gasteiger partial charge in [-0.2, -0.15) is 0 Å². The van der Waals surface area contributed by atoms with E-state index in [4.69, 9.17) is 9.84 Å². The summed E-state index contributed by atoms with van der Waals surface area (Å²) in [5.74, 6) is -1.19. The van der Waals surface area contributed by atoms with Crippen LogP contribution in [0.15, 0.2) is 0 Å². The number of hydrogen-bond donors (Lipinski definition) is 2. The zero-order chi connectivity index (χ0) is 13.0. The number of amides is 1. The Kier molecular flexibility index (Phi) is 4.58. The van der Waals surface area contributed by atoms with Gasteiger partial charge in [-0.25, -0.2) is 0 Å². The van der Waals surface area contributed by atoms with Gasteiger partial charge in [0.2, 0.25) is 5.91 Å². The molecule has 5 nitrogen and oxygen atoms in total. The predicted molar refractivity (Wildman–Crippen MR) is 65.0 cm³/mol. The van der Waals surface area contributed by atoms with Crippen molar-refractivity contribution in [3.05, 3.63) is 0 Å². The highest BCUT2D eigenvalue weighted by Crippen LogP contribution is 2.32. The Balaban J connectivity index is 1.71. The van der Waals surface area contributed by atoms with E-state index in [1.165, 1.54) is 0 Å². The van der Waals surface area contributed by atoms with Gasteiger partial charge >= 0.3 is 5.97 Å². The van der Waals surface area contributed by atoms with Crippen LogP contribution >= 0.6 is 0 Å². The molecule has 2 rings (SSSR count). The van der Waals surface area contributed by atoms with E-state index in [1.807, 2.05) is 0 Å². The van der Waals surface area contributed by atoms with Crippen molar-refractivity contribution in [2.24, 2.45) is 17.8 Å². The quantitative estimate of drug-likeness (QED) is 0.769. The van der Waals surface area contributed by atoms with E-state index in [0.717, 1.165) is 32.5 Å². The summed E-state index contributed by atoms with van der Waals surface area (Å²) in [5, 5.41) is 11.9. The van der Waals surface area contributed by atoms with Crippen LogP contribution < -0.4 is 5.32 Å². The summed E-state index contributed by atoms with van der Waals surface area (Å²) >= 11 is 0. The van der Waals surface area contributed by atoms with Crippen molar-refractivity contribution in [3.63, 3.8) is 0 Å². The number of carboxylic acids is 1. The largest absolute Gasteiger partial charge is 0.481 e. The number of rotatable bonds is 5. The topological polar surface area (TPSA) is 75.6 Å². The van der Waals surface area contributed by atoms with Crippen molar-refractivity contribution < 1.29 is 19.4 Å². The Hall–Kier alpha value is -1.10. The molecule has 1 saturated heterocycles. The van der Waals surface area contributed by atoms with Crippen LogP contribution in [0.5, 0.6) is 0 Å². The molecule has 3 atom stereocenters. The summed E-state index contributed by atoms with van der Waals surface area (Å²) in [7, 11) is 0. The maximum Gasteiger partial charge on any atom is 0.307 e. The highest BCUT2D eigenvalue weighted by atomic mass is 16.5. The van der Waals surface area contributed by atoms with Crippen LogP contribution in [-0.4, -0.2) is 36.7 Å². The normalized spacial score (nSPS) is 31.4. The third-order valence-electron chi connectivity index (χ3n) is 4.05. The van der Waals surface area contributed by atoms with Crippen LogP contribution in [0.25, 0.3) is 0 Å². The van der Waals surface area contributed by atoms with Crippen LogP contribution in [0, 0.1) is 17.8 Å². The first-order valence-electron chi connectivity index (χ1n) is 6.76. The van der Waals surface area contributed by atoms with Gasteiger partial charge < -0.3 is 15.2 Å². The standard InChI is InChI=1S/C13H21NO4/c15-12(10-2-1-3-11(10)13(16)17)14-6-4-9-5-7-18-8-9/h9-11H,1-8H2,(H,14,15)(H,16,17)/t9?,10-,11+/m1/s1. The molecule has 0 aromatic carbocycles. The lowest BCUT2D eigenvalue weighted by Crippen LogP contribution is -2.36. The molecule has 0 spiro atoms. The van der Waals surface area contributed by atoms with E-state index in [1.54, 1.807) is 0 Å². The molecular weight excluding hydrogens is 234 g/mol. The molecule has 5 heteroatoms. The maximum atomic E-state index is 11.9. The SMILES string of the molecule is O=C(O)[C@H]1CCC[C@H]1C(=O)NCCC1CCOC1. The summed E-state index contributed by atoms with van der Waals surface area (Å²) in [6.45, 7) is 2.25. The number of hydrogen-bond acceptors (Lipinski definition) is 3. The van der Waals surface area contributed by atoms with Crippen LogP contribution in [-0.2, 0) is 14.3 Å². The molecule has 0 bridgehead atoms. The minimum atomic E-state index is -0.836. The molecule has 2 aliphatic rings. The first kappa shape index (κ1) is 13.3. The Morgan fingerprint density at radius 2 is 2.00 bits per heavy atom. The average Bonchev–Trinajstić information content (AvgIpc) is 2.99. The lowest BCUT2D eigenvalue weighted by molar-refractivity contribution is -0.146. The smallest absolute Gasteiger partial charge is 0.307 e. The van der Waals surface area contributed by atoms with E-state index in [0.29, 0.717) is 25.3 Å². The Morgan fingerprint density at radius 3 is 2.67 bits per heavy atom. The number of carbonyl (C=O) groups excluding carboxylic acids is 1. The lowest BCUT2D eigenvalue weighted by Gasteiger charge is -2.16. The van der Waals surface area contributed by atoms with Gasteiger partial charge in [0.15, 0.2) is 0 Å². The summed E-state index contributed by atoms with van der Waals surface area (Å²) in [6.07, 6.45) is 4.16. The van der Waals surface area contributed by atoms with Gasteiger partial charge in [-0.3, -0.25) is 9.59 Å². The van der Waals surface area contributed by atoms with Gasteiger partial charge in [0.05, 0.1) is 11.8 Å². The van der Waals surface area contributed by atoms with Gasteiger partial charge in [-0.05, 0) is 31.6 Å². The second-order valence-corrected chi connectivity index (χ2v) is 5.29. The zero-order valence-electron chi connectivity index (χ0n) is 10.6. The van der Waals surface area contributed by atoms with Crippen molar-refractivity contribution in [3.8, 4) is 0 Å². The van der Waals surface area contributed by atoms with Crippen molar-refractivity contribution >= 4 is 11.9 Å². The minimum absolute atomic E-state index is 0.0844. The first-order valence-corrected chi connectivity index (χ1v) is 6.76. The number of aliphatic carboxylic acids is 1. The fourth-order valence-electron chi connectivity index (χ4n) is 2.91. The molecule has 1 amide bonds. The van der Waals surface area contributed by atoms with E-state index in [9.17, 15) is 9.59 Å². The van der Waals surface area contributed by atoms with Crippen molar-refractivity contribution in [2.45, 2.75) is 32.1 Å². The Bertz CT molecular complexity index is 312. The van der Waals surface area contributed by atoms with Gasteiger partial charge in [-0.1, -0.05) is 6.42 Å². The van der Waals surface area contributed by atoms with E-state index in [2.05, 4.69) is 5.32 Å². The lowest BCUT2D eigenvalue weighted by atomic mass is 9.95. The fraction of sp³-hybridized carbons (Fsp3) is 0.846. The Labute approximate surface area is 107 Å². The molecule has 18 heavy (non-hydrogen) atoms. The molecule has 1 heterocycles. The van der Waals surface area contributed by atoms with Crippen molar-refractivity contribution in [2.75, 3.05) is 19.8 Å². The van der Waals surface area contributed by atoms with E-state index >= 15 is 0 Å². The van der Waals surface area contributed by atoms with Crippen LogP contribution in [0.4, 0.5) is 0 Å². The number of carboxylic acid groups (broad SMARTS) is 1. The molecule has 2 fully saturated rings. The van der Waals surface area contributed by atoms with Crippen LogP contribution in [0.2, 0.25) is 0 Å². The third kappa shape index (κ3) is 3.22. The minimum Gasteiger partial charge on any atom is -0.481 e. The summed E-state index contributed by atoms with van der Waals surface area (Å²) in [4.78, 5) is 22.9. The molecule has 2 N–H and O–H groups in total. The molecule has 0 aromatic heterocycles. The van der Waals surface area contributed by atoms with Gasteiger partial charge in [-0.15, -0.1) is 0 Å².